The molecule has 31 heavy (non-hydrogen) atoms. The van der Waals surface area contributed by atoms with Crippen LogP contribution in [0, 0.1) is 0 Å². The van der Waals surface area contributed by atoms with Crippen LogP contribution in [0.4, 0.5) is 5.82 Å². The quantitative estimate of drug-likeness (QED) is 0.460. The third-order valence-electron chi connectivity index (χ3n) is 4.66. The minimum Gasteiger partial charge on any atom is -0.497 e. The van der Waals surface area contributed by atoms with E-state index in [1.807, 2.05) is 24.3 Å². The van der Waals surface area contributed by atoms with E-state index in [0.29, 0.717) is 29.4 Å². The number of amides is 1. The number of methoxy groups -OCH3 is 1. The molecule has 0 aliphatic rings. The zero-order valence-corrected chi connectivity index (χ0v) is 17.4. The van der Waals surface area contributed by atoms with Crippen molar-refractivity contribution in [2.45, 2.75) is 6.54 Å². The maximum atomic E-state index is 12.5. The first-order valence-corrected chi connectivity index (χ1v) is 9.80. The van der Waals surface area contributed by atoms with E-state index in [1.54, 1.807) is 37.6 Å². The molecular formula is C23H19ClN4O3. The lowest BCUT2D eigenvalue weighted by Gasteiger charge is -2.10. The molecule has 0 spiro atoms. The Labute approximate surface area is 183 Å². The van der Waals surface area contributed by atoms with E-state index in [2.05, 4.69) is 15.3 Å². The number of nitrogens with one attached hydrogen (secondary N) is 1. The van der Waals surface area contributed by atoms with Crippen molar-refractivity contribution in [3.05, 3.63) is 83.1 Å². The molecule has 0 aliphatic carbocycles. The molecule has 0 unspecified atom stereocenters. The monoisotopic (exact) mass is 434 g/mol. The number of nitrogen functional groups attached to an aromatic ring is 1. The number of hydrogen-bond acceptors (Lipinski definition) is 6. The fourth-order valence-corrected chi connectivity index (χ4v) is 3.23. The van der Waals surface area contributed by atoms with Gasteiger partial charge in [0.1, 0.15) is 22.3 Å². The molecule has 2 aromatic heterocycles. The SMILES string of the molecule is COc1ccc(Oc2ncc(C(=O)NCc3ccc4c(N)nccc4c3)cc2Cl)cc1. The fourth-order valence-electron chi connectivity index (χ4n) is 3.03. The molecule has 8 heteroatoms. The highest BCUT2D eigenvalue weighted by Gasteiger charge is 2.12. The number of aromatic nitrogens is 2. The molecule has 1 amide bonds. The summed E-state index contributed by atoms with van der Waals surface area (Å²) in [4.78, 5) is 20.8. The van der Waals surface area contributed by atoms with Crippen LogP contribution in [0.3, 0.4) is 0 Å². The second-order valence-electron chi connectivity index (χ2n) is 6.72. The maximum absolute atomic E-state index is 12.5. The van der Waals surface area contributed by atoms with Gasteiger partial charge in [0.25, 0.3) is 5.91 Å². The van der Waals surface area contributed by atoms with Crippen LogP contribution in [0.5, 0.6) is 17.4 Å². The fraction of sp³-hybridized carbons (Fsp3) is 0.0870. The van der Waals surface area contributed by atoms with E-state index < -0.39 is 0 Å². The molecule has 4 aromatic rings. The first kappa shape index (κ1) is 20.4. The molecular weight excluding hydrogens is 416 g/mol. The van der Waals surface area contributed by atoms with Crippen LogP contribution >= 0.6 is 11.6 Å². The number of carbonyl (C=O) groups excluding carboxylic acids is 1. The van der Waals surface area contributed by atoms with E-state index in [1.165, 1.54) is 12.3 Å². The molecule has 0 fully saturated rings. The Morgan fingerprint density at radius 3 is 2.58 bits per heavy atom. The van der Waals surface area contributed by atoms with Gasteiger partial charge in [0, 0.05) is 24.3 Å². The Morgan fingerprint density at radius 1 is 1.06 bits per heavy atom. The van der Waals surface area contributed by atoms with E-state index >= 15 is 0 Å². The van der Waals surface area contributed by atoms with Crippen LogP contribution in [-0.4, -0.2) is 23.0 Å². The maximum Gasteiger partial charge on any atom is 0.253 e. The molecule has 4 rings (SSSR count). The van der Waals surface area contributed by atoms with Crippen molar-refractivity contribution in [1.29, 1.82) is 0 Å². The minimum absolute atomic E-state index is 0.212. The topological polar surface area (TPSA) is 99.4 Å². The van der Waals surface area contributed by atoms with Gasteiger partial charge < -0.3 is 20.5 Å². The van der Waals surface area contributed by atoms with Crippen molar-refractivity contribution < 1.29 is 14.3 Å². The van der Waals surface area contributed by atoms with Crippen LogP contribution in [-0.2, 0) is 6.54 Å². The number of halogens is 1. The third kappa shape index (κ3) is 4.67. The second-order valence-corrected chi connectivity index (χ2v) is 7.13. The predicted octanol–water partition coefficient (Wildman–Crippen LogP) is 4.60. The molecule has 2 aromatic carbocycles. The zero-order chi connectivity index (χ0) is 21.8. The summed E-state index contributed by atoms with van der Waals surface area (Å²) >= 11 is 6.27. The molecule has 7 nitrogen and oxygen atoms in total. The Morgan fingerprint density at radius 2 is 1.84 bits per heavy atom. The van der Waals surface area contributed by atoms with Crippen molar-refractivity contribution in [2.75, 3.05) is 12.8 Å². The van der Waals surface area contributed by atoms with Crippen molar-refractivity contribution in [3.8, 4) is 17.4 Å². The van der Waals surface area contributed by atoms with Gasteiger partial charge in [-0.2, -0.15) is 0 Å². The van der Waals surface area contributed by atoms with Crippen LogP contribution in [0.15, 0.2) is 67.0 Å². The molecule has 156 valence electrons. The first-order chi connectivity index (χ1) is 15.0. The predicted molar refractivity (Wildman–Crippen MR) is 120 cm³/mol. The molecule has 2 heterocycles. The lowest BCUT2D eigenvalue weighted by Crippen LogP contribution is -2.23. The Bertz CT molecular complexity index is 1250. The van der Waals surface area contributed by atoms with Crippen molar-refractivity contribution in [2.24, 2.45) is 0 Å². The summed E-state index contributed by atoms with van der Waals surface area (Å²) in [6.45, 7) is 0.346. The van der Waals surface area contributed by atoms with Gasteiger partial charge in [-0.05, 0) is 53.4 Å². The highest BCUT2D eigenvalue weighted by molar-refractivity contribution is 6.32. The average molecular weight is 435 g/mol. The lowest BCUT2D eigenvalue weighted by molar-refractivity contribution is 0.0950. The van der Waals surface area contributed by atoms with Crippen molar-refractivity contribution in [1.82, 2.24) is 15.3 Å². The van der Waals surface area contributed by atoms with E-state index in [9.17, 15) is 4.79 Å². The molecule has 0 bridgehead atoms. The molecule has 3 N–H and O–H groups in total. The molecule has 0 aliphatic heterocycles. The second kappa shape index (κ2) is 8.89. The van der Waals surface area contributed by atoms with Crippen molar-refractivity contribution >= 4 is 34.1 Å². The summed E-state index contributed by atoms with van der Waals surface area (Å²) < 4.78 is 10.8. The number of nitrogens with two attached hydrogens (primary N) is 1. The number of benzene rings is 2. The number of ether oxygens (including phenoxy) is 2. The van der Waals surface area contributed by atoms with Gasteiger partial charge in [-0.25, -0.2) is 9.97 Å². The summed E-state index contributed by atoms with van der Waals surface area (Å²) in [7, 11) is 1.59. The number of nitrogens with zero attached hydrogens (tertiary/aromatic N) is 2. The van der Waals surface area contributed by atoms with Gasteiger partial charge in [-0.1, -0.05) is 23.7 Å². The van der Waals surface area contributed by atoms with Gasteiger partial charge in [0.15, 0.2) is 0 Å². The number of anilines is 1. The van der Waals surface area contributed by atoms with Crippen LogP contribution in [0.1, 0.15) is 15.9 Å². The summed E-state index contributed by atoms with van der Waals surface area (Å²) in [6.07, 6.45) is 3.08. The third-order valence-corrected chi connectivity index (χ3v) is 4.93. The number of carbonyl (C=O) groups is 1. The summed E-state index contributed by atoms with van der Waals surface area (Å²) in [5, 5.41) is 4.94. The average Bonchev–Trinajstić information content (AvgIpc) is 2.79. The van der Waals surface area contributed by atoms with Gasteiger partial charge in [-0.15, -0.1) is 0 Å². The lowest BCUT2D eigenvalue weighted by atomic mass is 10.1. The van der Waals surface area contributed by atoms with Crippen LogP contribution in [0.2, 0.25) is 5.02 Å². The number of rotatable bonds is 6. The number of hydrogen-bond donors (Lipinski definition) is 2. The smallest absolute Gasteiger partial charge is 0.253 e. The first-order valence-electron chi connectivity index (χ1n) is 9.42. The van der Waals surface area contributed by atoms with Gasteiger partial charge in [-0.3, -0.25) is 4.79 Å². The molecule has 0 radical (unpaired) electrons. The van der Waals surface area contributed by atoms with Crippen molar-refractivity contribution in [3.63, 3.8) is 0 Å². The Hall–Kier alpha value is -3.84. The van der Waals surface area contributed by atoms with Crippen LogP contribution < -0.4 is 20.5 Å². The molecule has 0 atom stereocenters. The summed E-state index contributed by atoms with van der Waals surface area (Å²) in [6, 6.07) is 16.2. The molecule has 0 saturated carbocycles. The highest BCUT2D eigenvalue weighted by atomic mass is 35.5. The highest BCUT2D eigenvalue weighted by Crippen LogP contribution is 2.29. The zero-order valence-electron chi connectivity index (χ0n) is 16.6. The number of fused-ring (bicyclic) bond motifs is 1. The van der Waals surface area contributed by atoms with E-state index in [-0.39, 0.29) is 16.8 Å². The molecule has 0 saturated heterocycles. The van der Waals surface area contributed by atoms with E-state index in [0.717, 1.165) is 16.3 Å². The normalized spacial score (nSPS) is 10.6. The minimum atomic E-state index is -0.292. The standard InChI is InChI=1S/C23H19ClN4O3/c1-30-17-3-5-18(6-4-17)31-23-20(24)11-16(13-28-23)22(29)27-12-14-2-7-19-15(10-14)8-9-26-21(19)25/h2-11,13H,12H2,1H3,(H2,25,26)(H,27,29). The summed E-state index contributed by atoms with van der Waals surface area (Å²) in [5.41, 5.74) is 7.15. The largest absolute Gasteiger partial charge is 0.497 e. The van der Waals surface area contributed by atoms with Gasteiger partial charge in [0.05, 0.1) is 12.7 Å². The van der Waals surface area contributed by atoms with E-state index in [4.69, 9.17) is 26.8 Å². The van der Waals surface area contributed by atoms with Gasteiger partial charge >= 0.3 is 0 Å². The van der Waals surface area contributed by atoms with Crippen LogP contribution in [0.25, 0.3) is 10.8 Å². The summed E-state index contributed by atoms with van der Waals surface area (Å²) in [5.74, 6) is 1.67. The Kier molecular flexibility index (Phi) is 5.86. The Balaban J connectivity index is 1.42. The van der Waals surface area contributed by atoms with Gasteiger partial charge in [0.2, 0.25) is 5.88 Å². The number of pyridine rings is 2.